The zero-order valence-corrected chi connectivity index (χ0v) is 9.23. The highest BCUT2D eigenvalue weighted by Gasteiger charge is 2.17. The smallest absolute Gasteiger partial charge is 0.257 e. The number of aromatic amines is 1. The lowest BCUT2D eigenvalue weighted by atomic mass is 10.4. The average molecular weight is 241 g/mol. The first-order valence-corrected chi connectivity index (χ1v) is 5.25. The minimum atomic E-state index is -3.48. The zero-order chi connectivity index (χ0) is 9.90. The fourth-order valence-electron chi connectivity index (χ4n) is 0.767. The minimum Gasteiger partial charge on any atom is -0.335 e. The van der Waals surface area contributed by atoms with E-state index in [1.54, 1.807) is 6.92 Å². The largest absolute Gasteiger partial charge is 0.335 e. The Labute approximate surface area is 88.8 Å². The van der Waals surface area contributed by atoms with Crippen molar-refractivity contribution in [1.29, 1.82) is 0 Å². The van der Waals surface area contributed by atoms with Gasteiger partial charge in [-0.1, -0.05) is 0 Å². The molecule has 1 aromatic rings. The molecular formula is C6H13ClN4O2S. The quantitative estimate of drug-likeness (QED) is 0.658. The van der Waals surface area contributed by atoms with Crippen LogP contribution in [0.1, 0.15) is 6.92 Å². The van der Waals surface area contributed by atoms with E-state index in [2.05, 4.69) is 14.7 Å². The highest BCUT2D eigenvalue weighted by molar-refractivity contribution is 7.89. The van der Waals surface area contributed by atoms with E-state index < -0.39 is 10.0 Å². The second kappa shape index (κ2) is 5.30. The number of hydrogen-bond donors (Lipinski definition) is 3. The van der Waals surface area contributed by atoms with Crippen LogP contribution < -0.4 is 10.5 Å². The fraction of sp³-hybridized carbons (Fsp3) is 0.500. The molecule has 4 N–H and O–H groups in total. The molecule has 14 heavy (non-hydrogen) atoms. The molecule has 0 aliphatic heterocycles. The first-order valence-electron chi connectivity index (χ1n) is 3.77. The molecule has 6 nitrogen and oxygen atoms in total. The highest BCUT2D eigenvalue weighted by atomic mass is 35.5. The summed E-state index contributed by atoms with van der Waals surface area (Å²) in [7, 11) is -3.48. The highest BCUT2D eigenvalue weighted by Crippen LogP contribution is 2.02. The third kappa shape index (κ3) is 3.26. The summed E-state index contributed by atoms with van der Waals surface area (Å²) < 4.78 is 25.2. The van der Waals surface area contributed by atoms with Gasteiger partial charge in [0.05, 0.1) is 12.5 Å². The van der Waals surface area contributed by atoms with Gasteiger partial charge in [0, 0.05) is 12.6 Å². The lowest BCUT2D eigenvalue weighted by molar-refractivity contribution is 0.559. The first kappa shape index (κ1) is 13.4. The van der Waals surface area contributed by atoms with E-state index in [0.29, 0.717) is 0 Å². The molecule has 0 aromatic carbocycles. The second-order valence-corrected chi connectivity index (χ2v) is 4.36. The molecule has 1 atom stereocenters. The summed E-state index contributed by atoms with van der Waals surface area (Å²) in [5.74, 6) is 0. The molecule has 1 heterocycles. The molecule has 0 fully saturated rings. The maximum atomic E-state index is 11.4. The molecular weight excluding hydrogens is 228 g/mol. The summed E-state index contributed by atoms with van der Waals surface area (Å²) in [6.45, 7) is 1.95. The van der Waals surface area contributed by atoms with Crippen LogP contribution in [0.2, 0.25) is 0 Å². The van der Waals surface area contributed by atoms with Crippen LogP contribution in [-0.2, 0) is 10.0 Å². The van der Waals surface area contributed by atoms with Crippen LogP contribution in [-0.4, -0.2) is 31.0 Å². The maximum absolute atomic E-state index is 11.4. The van der Waals surface area contributed by atoms with E-state index in [9.17, 15) is 8.42 Å². The van der Waals surface area contributed by atoms with Crippen LogP contribution >= 0.6 is 12.4 Å². The summed E-state index contributed by atoms with van der Waals surface area (Å²) in [4.78, 5) is 6.12. The Morgan fingerprint density at radius 3 is 2.79 bits per heavy atom. The molecule has 82 valence electrons. The number of rotatable bonds is 4. The van der Waals surface area contributed by atoms with Gasteiger partial charge in [0.1, 0.15) is 0 Å². The van der Waals surface area contributed by atoms with Crippen molar-refractivity contribution in [1.82, 2.24) is 14.7 Å². The van der Waals surface area contributed by atoms with Gasteiger partial charge in [0.2, 0.25) is 0 Å². The van der Waals surface area contributed by atoms with Gasteiger partial charge in [-0.2, -0.15) is 0 Å². The van der Waals surface area contributed by atoms with Crippen molar-refractivity contribution in [2.45, 2.75) is 18.0 Å². The molecule has 0 spiro atoms. The molecule has 1 aromatic heterocycles. The number of aromatic nitrogens is 2. The van der Waals surface area contributed by atoms with Gasteiger partial charge in [-0.15, -0.1) is 12.4 Å². The number of H-pyrrole nitrogens is 1. The molecule has 8 heteroatoms. The van der Waals surface area contributed by atoms with Crippen LogP contribution in [0, 0.1) is 0 Å². The Kier molecular flexibility index (Phi) is 5.06. The third-order valence-corrected chi connectivity index (χ3v) is 2.99. The molecule has 0 aliphatic rings. The van der Waals surface area contributed by atoms with Crippen molar-refractivity contribution in [3.05, 3.63) is 12.5 Å². The lowest BCUT2D eigenvalue weighted by Crippen LogP contribution is -2.37. The van der Waals surface area contributed by atoms with Gasteiger partial charge >= 0.3 is 0 Å². The molecule has 0 bridgehead atoms. The Hall–Kier alpha value is -0.630. The predicted molar refractivity (Wildman–Crippen MR) is 54.7 cm³/mol. The molecule has 0 aliphatic carbocycles. The van der Waals surface area contributed by atoms with E-state index in [-0.39, 0.29) is 30.0 Å². The zero-order valence-electron chi connectivity index (χ0n) is 7.60. The number of imidazole rings is 1. The van der Waals surface area contributed by atoms with Crippen LogP contribution in [0.5, 0.6) is 0 Å². The monoisotopic (exact) mass is 240 g/mol. The van der Waals surface area contributed by atoms with Crippen molar-refractivity contribution in [2.24, 2.45) is 5.73 Å². The van der Waals surface area contributed by atoms with Crippen molar-refractivity contribution >= 4 is 22.4 Å². The van der Waals surface area contributed by atoms with Crippen LogP contribution in [0.3, 0.4) is 0 Å². The Bertz CT molecular complexity index is 350. The first-order chi connectivity index (χ1) is 6.06. The van der Waals surface area contributed by atoms with Gasteiger partial charge in [-0.05, 0) is 6.92 Å². The van der Waals surface area contributed by atoms with Crippen LogP contribution in [0.15, 0.2) is 17.6 Å². The summed E-state index contributed by atoms with van der Waals surface area (Å²) in [6.07, 6.45) is 2.55. The molecule has 0 radical (unpaired) electrons. The van der Waals surface area contributed by atoms with E-state index in [0.717, 1.165) is 0 Å². The van der Waals surface area contributed by atoms with Crippen molar-refractivity contribution in [3.8, 4) is 0 Å². The van der Waals surface area contributed by atoms with E-state index >= 15 is 0 Å². The number of hydrogen-bond acceptors (Lipinski definition) is 4. The summed E-state index contributed by atoms with van der Waals surface area (Å²) >= 11 is 0. The van der Waals surface area contributed by atoms with E-state index in [1.165, 1.54) is 12.5 Å². The fourth-order valence-corrected chi connectivity index (χ4v) is 1.93. The minimum absolute atomic E-state index is 0. The van der Waals surface area contributed by atoms with Crippen molar-refractivity contribution in [2.75, 3.05) is 6.54 Å². The topological polar surface area (TPSA) is 101 Å². The van der Waals surface area contributed by atoms with E-state index in [1.807, 2.05) is 0 Å². The number of nitrogens with two attached hydrogens (primary N) is 1. The predicted octanol–water partition coefficient (Wildman–Crippen LogP) is -0.543. The number of nitrogens with one attached hydrogen (secondary N) is 2. The van der Waals surface area contributed by atoms with Crippen LogP contribution in [0.25, 0.3) is 0 Å². The Morgan fingerprint density at radius 1 is 1.71 bits per heavy atom. The van der Waals surface area contributed by atoms with Gasteiger partial charge in [-0.3, -0.25) is 0 Å². The van der Waals surface area contributed by atoms with Gasteiger partial charge < -0.3 is 10.7 Å². The lowest BCUT2D eigenvalue weighted by Gasteiger charge is -2.09. The average Bonchev–Trinajstić information content (AvgIpc) is 2.55. The second-order valence-electron chi connectivity index (χ2n) is 2.67. The van der Waals surface area contributed by atoms with Gasteiger partial charge in [-0.25, -0.2) is 18.1 Å². The summed E-state index contributed by atoms with van der Waals surface area (Å²) in [6, 6.07) is -0.284. The Morgan fingerprint density at radius 2 is 2.36 bits per heavy atom. The third-order valence-electron chi connectivity index (χ3n) is 1.47. The number of nitrogens with zero attached hydrogens (tertiary/aromatic N) is 1. The Balaban J connectivity index is 0.00000169. The molecule has 0 unspecified atom stereocenters. The number of sulfonamides is 1. The standard InChI is InChI=1S/C6H12N4O2S.ClH/c1-5(2-7)10-13(11,12)6-3-8-4-9-6;/h3-5,10H,2,7H2,1H3,(H,8,9);1H/t5-;/m1./s1. The summed E-state index contributed by atoms with van der Waals surface area (Å²) in [5, 5.41) is 0.0489. The summed E-state index contributed by atoms with van der Waals surface area (Å²) in [5.41, 5.74) is 5.28. The van der Waals surface area contributed by atoms with Gasteiger partial charge in [0.15, 0.2) is 5.03 Å². The maximum Gasteiger partial charge on any atom is 0.257 e. The molecule has 0 saturated heterocycles. The number of halogens is 1. The van der Waals surface area contributed by atoms with Crippen molar-refractivity contribution < 1.29 is 8.42 Å². The van der Waals surface area contributed by atoms with Gasteiger partial charge in [0.25, 0.3) is 10.0 Å². The molecule has 0 saturated carbocycles. The SMILES string of the molecule is C[C@H](CN)NS(=O)(=O)c1cnc[nH]1.Cl. The van der Waals surface area contributed by atoms with Crippen molar-refractivity contribution in [3.63, 3.8) is 0 Å². The molecule has 0 amide bonds. The molecule has 1 rings (SSSR count). The van der Waals surface area contributed by atoms with E-state index in [4.69, 9.17) is 5.73 Å². The van der Waals surface area contributed by atoms with Crippen LogP contribution in [0.4, 0.5) is 0 Å². The normalized spacial score (nSPS) is 13.3.